The Hall–Kier alpha value is -1.35. The molecular formula is C15H21NO2. The summed E-state index contributed by atoms with van der Waals surface area (Å²) in [6, 6.07) is 6.51. The lowest BCUT2D eigenvalue weighted by Gasteiger charge is -2.38. The minimum atomic E-state index is -3.63. The quantitative estimate of drug-likeness (QED) is 0.779. The molecule has 1 aliphatic heterocycles. The highest BCUT2D eigenvalue weighted by molar-refractivity contribution is 5.83. The van der Waals surface area contributed by atoms with Crippen LogP contribution in [0.4, 0.5) is 0 Å². The van der Waals surface area contributed by atoms with Crippen LogP contribution in [-0.2, 0) is 14.9 Å². The van der Waals surface area contributed by atoms with E-state index in [0.717, 1.165) is 12.1 Å². The molecule has 18 heavy (non-hydrogen) atoms. The average Bonchev–Trinajstić information content (AvgIpc) is 2.53. The number of rotatable bonds is 3. The molecule has 0 N–H and O–H groups in total. The van der Waals surface area contributed by atoms with Crippen molar-refractivity contribution in [3.05, 3.63) is 35.9 Å². The van der Waals surface area contributed by atoms with E-state index in [9.17, 15) is 4.79 Å². The van der Waals surface area contributed by atoms with Crippen molar-refractivity contribution in [3.8, 4) is 0 Å². The highest BCUT2D eigenvalue weighted by Gasteiger charge is 2.43. The normalized spacial score (nSPS) is 40.4. The summed E-state index contributed by atoms with van der Waals surface area (Å²) in [5.74, 6) is -1.53. The second-order valence-electron chi connectivity index (χ2n) is 3.65. The van der Waals surface area contributed by atoms with Crippen LogP contribution in [0.15, 0.2) is 30.3 Å². The molecule has 3 heteroatoms. The number of esters is 1. The maximum absolute atomic E-state index is 13.1. The van der Waals surface area contributed by atoms with Gasteiger partial charge < -0.3 is 9.64 Å². The Bertz CT molecular complexity index is 748. The predicted molar refractivity (Wildman–Crippen MR) is 71.5 cm³/mol. The molecule has 0 amide bonds. The monoisotopic (exact) mass is 258 g/mol. The molecule has 1 aromatic rings. The molecule has 3 nitrogen and oxygen atoms in total. The van der Waals surface area contributed by atoms with Gasteiger partial charge in [0.1, 0.15) is 0 Å². The summed E-state index contributed by atoms with van der Waals surface area (Å²) in [6.07, 6.45) is -7.12. The summed E-state index contributed by atoms with van der Waals surface area (Å²) in [5, 5.41) is 0. The second kappa shape index (κ2) is 5.53. The molecule has 1 aromatic carbocycles. The summed E-state index contributed by atoms with van der Waals surface area (Å²) in [4.78, 5) is 12.6. The van der Waals surface area contributed by atoms with Crippen molar-refractivity contribution < 1.29 is 24.6 Å². The van der Waals surface area contributed by atoms with Gasteiger partial charge in [-0.05, 0) is 45.2 Å². The van der Waals surface area contributed by atoms with Crippen LogP contribution in [0.2, 0.25) is 0 Å². The lowest BCUT2D eigenvalue weighted by molar-refractivity contribution is -0.152. The van der Waals surface area contributed by atoms with Gasteiger partial charge in [0, 0.05) is 15.1 Å². The number of carbonyl (C=O) groups is 1. The average molecular weight is 258 g/mol. The lowest BCUT2D eigenvalue weighted by atomic mass is 9.73. The highest BCUT2D eigenvalue weighted by atomic mass is 16.5. The van der Waals surface area contributed by atoms with Crippen molar-refractivity contribution in [2.45, 2.75) is 25.1 Å². The van der Waals surface area contributed by atoms with Crippen molar-refractivity contribution in [2.24, 2.45) is 0 Å². The molecule has 1 heterocycles. The van der Waals surface area contributed by atoms with Gasteiger partial charge in [-0.3, -0.25) is 4.79 Å². The van der Waals surface area contributed by atoms with Gasteiger partial charge in [-0.1, -0.05) is 30.3 Å². The first-order valence-electron chi connectivity index (χ1n) is 11.0. The fourth-order valence-electron chi connectivity index (χ4n) is 1.63. The first-order chi connectivity index (χ1) is 13.0. The van der Waals surface area contributed by atoms with Crippen molar-refractivity contribution in [3.63, 3.8) is 0 Å². The highest BCUT2D eigenvalue weighted by Crippen LogP contribution is 2.36. The Kier molecular flexibility index (Phi) is 1.53. The molecule has 1 aliphatic rings. The summed E-state index contributed by atoms with van der Waals surface area (Å²) < 4.78 is 94.6. The van der Waals surface area contributed by atoms with Crippen molar-refractivity contribution in [1.29, 1.82) is 0 Å². The van der Waals surface area contributed by atoms with Crippen molar-refractivity contribution in [2.75, 3.05) is 26.6 Å². The first kappa shape index (κ1) is 4.97. The van der Waals surface area contributed by atoms with Crippen LogP contribution < -0.4 is 0 Å². The van der Waals surface area contributed by atoms with E-state index in [1.807, 2.05) is 0 Å². The minimum Gasteiger partial charge on any atom is -0.465 e. The third-order valence-electron chi connectivity index (χ3n) is 2.50. The number of likely N-dealkylation sites (tertiary alicyclic amines) is 1. The SMILES string of the molecule is [2H]C([2H])([2H])N1C([2H])([2H])C([2H])([2H])C(C(=O)OCC)(c2ccccc2)C([2H])([2H])C1([2H])[2H]. The molecule has 1 saturated heterocycles. The Morgan fingerprint density at radius 1 is 1.44 bits per heavy atom. The molecule has 0 atom stereocenters. The maximum Gasteiger partial charge on any atom is 0.316 e. The van der Waals surface area contributed by atoms with Crippen LogP contribution in [0.25, 0.3) is 0 Å². The smallest absolute Gasteiger partial charge is 0.316 e. The van der Waals surface area contributed by atoms with Gasteiger partial charge in [-0.25, -0.2) is 0 Å². The van der Waals surface area contributed by atoms with Gasteiger partial charge in [0.2, 0.25) is 0 Å². The van der Waals surface area contributed by atoms with E-state index in [1.54, 1.807) is 0 Å². The Labute approximate surface area is 124 Å². The van der Waals surface area contributed by atoms with Gasteiger partial charge in [0.05, 0.1) is 12.0 Å². The first-order valence-corrected chi connectivity index (χ1v) is 5.49. The van der Waals surface area contributed by atoms with Crippen LogP contribution in [0, 0.1) is 0 Å². The number of hydrogen-bond donors (Lipinski definition) is 0. The minimum absolute atomic E-state index is 0.311. The molecule has 0 spiro atoms. The molecule has 0 bridgehead atoms. The summed E-state index contributed by atoms with van der Waals surface area (Å²) in [7, 11) is 0. The molecule has 98 valence electrons. The largest absolute Gasteiger partial charge is 0.465 e. The molecule has 1 fully saturated rings. The number of hydrogen-bond acceptors (Lipinski definition) is 3. The number of nitrogens with zero attached hydrogens (tertiary/aromatic N) is 1. The van der Waals surface area contributed by atoms with E-state index in [4.69, 9.17) is 19.8 Å². The third-order valence-corrected chi connectivity index (χ3v) is 2.50. The van der Waals surface area contributed by atoms with Gasteiger partial charge in [0.15, 0.2) is 0 Å². The lowest BCUT2D eigenvalue weighted by Crippen LogP contribution is -2.47. The molecule has 0 aromatic heterocycles. The summed E-state index contributed by atoms with van der Waals surface area (Å²) in [6.45, 7) is -9.74. The molecule has 0 saturated carbocycles. The zero-order valence-corrected chi connectivity index (χ0v) is 9.86. The number of benzene rings is 1. The summed E-state index contributed by atoms with van der Waals surface area (Å²) in [5.41, 5.74) is -3.52. The summed E-state index contributed by atoms with van der Waals surface area (Å²) >= 11 is 0. The van der Waals surface area contributed by atoms with Crippen LogP contribution in [0.5, 0.6) is 0 Å². The maximum atomic E-state index is 13.1. The van der Waals surface area contributed by atoms with Crippen LogP contribution in [0.1, 0.15) is 40.3 Å². The Morgan fingerprint density at radius 3 is 2.67 bits per heavy atom. The molecule has 0 radical (unpaired) electrons. The predicted octanol–water partition coefficient (Wildman–Crippen LogP) is 2.21. The van der Waals surface area contributed by atoms with E-state index in [-0.39, 0.29) is 12.2 Å². The van der Waals surface area contributed by atoms with E-state index in [2.05, 4.69) is 0 Å². The van der Waals surface area contributed by atoms with Gasteiger partial charge in [0.25, 0.3) is 0 Å². The zero-order chi connectivity index (χ0) is 22.7. The fraction of sp³-hybridized carbons (Fsp3) is 0.533. The van der Waals surface area contributed by atoms with Gasteiger partial charge in [-0.2, -0.15) is 0 Å². The Balaban J connectivity index is 3.06. The van der Waals surface area contributed by atoms with Crippen LogP contribution in [-0.4, -0.2) is 37.4 Å². The zero-order valence-electron chi connectivity index (χ0n) is 20.9. The van der Waals surface area contributed by atoms with Gasteiger partial charge >= 0.3 is 5.97 Å². The van der Waals surface area contributed by atoms with Crippen molar-refractivity contribution in [1.82, 2.24) is 4.90 Å². The van der Waals surface area contributed by atoms with E-state index < -0.39 is 49.0 Å². The number of piperidine rings is 1. The molecular weight excluding hydrogens is 226 g/mol. The van der Waals surface area contributed by atoms with Crippen LogP contribution >= 0.6 is 0 Å². The molecule has 0 unspecified atom stereocenters. The Morgan fingerprint density at radius 2 is 2.11 bits per heavy atom. The van der Waals surface area contributed by atoms with E-state index >= 15 is 0 Å². The van der Waals surface area contributed by atoms with Crippen molar-refractivity contribution >= 4 is 5.97 Å². The number of carbonyl (C=O) groups excluding carboxylic acids is 1. The fourth-order valence-corrected chi connectivity index (χ4v) is 1.63. The number of ether oxygens (including phenoxy) is 1. The standard InChI is InChI=1S/C15H21NO2/c1-3-18-14(17)15(9-11-16(2)12-10-15)13-7-5-4-6-8-13/h4-8H,3,9-12H2,1-2H3/i2D3,9D2,10D2,11D2,12D2. The second-order valence-corrected chi connectivity index (χ2v) is 3.65. The third kappa shape index (κ3) is 2.41. The van der Waals surface area contributed by atoms with E-state index in [0.29, 0.717) is 0 Å². The topological polar surface area (TPSA) is 29.5 Å². The molecule has 2 rings (SSSR count). The van der Waals surface area contributed by atoms with E-state index in [1.165, 1.54) is 25.1 Å². The molecule has 0 aliphatic carbocycles. The van der Waals surface area contributed by atoms with Crippen LogP contribution in [0.3, 0.4) is 0 Å². The van der Waals surface area contributed by atoms with Gasteiger partial charge in [-0.15, -0.1) is 0 Å².